The molecule has 4 nitrogen and oxygen atoms in total. The molecule has 1 aliphatic rings. The summed E-state index contributed by atoms with van der Waals surface area (Å²) in [5, 5.41) is 6.97. The van der Waals surface area contributed by atoms with Crippen LogP contribution in [-0.4, -0.2) is 35.0 Å². The summed E-state index contributed by atoms with van der Waals surface area (Å²) in [7, 11) is 0. The molecule has 0 saturated heterocycles. The molecule has 1 saturated carbocycles. The Bertz CT molecular complexity index is 452. The van der Waals surface area contributed by atoms with Crippen molar-refractivity contribution in [2.75, 3.05) is 18.1 Å². The summed E-state index contributed by atoms with van der Waals surface area (Å²) in [6.07, 6.45) is 8.48. The molecular weight excluding hydrogens is 270 g/mol. The third-order valence-corrected chi connectivity index (χ3v) is 4.77. The first kappa shape index (κ1) is 15.2. The lowest BCUT2D eigenvalue weighted by atomic mass is 9.94. The number of pyridine rings is 1. The van der Waals surface area contributed by atoms with E-state index in [-0.39, 0.29) is 5.91 Å². The Hall–Kier alpha value is -1.23. The van der Waals surface area contributed by atoms with Gasteiger partial charge in [-0.15, -0.1) is 0 Å². The van der Waals surface area contributed by atoms with E-state index in [9.17, 15) is 4.79 Å². The van der Waals surface area contributed by atoms with E-state index in [1.165, 1.54) is 12.8 Å². The predicted octanol–water partition coefficient (Wildman–Crippen LogP) is 2.92. The molecule has 2 unspecified atom stereocenters. The zero-order chi connectivity index (χ0) is 14.4. The number of nitrogens with one attached hydrogen (secondary N) is 2. The van der Waals surface area contributed by atoms with Crippen molar-refractivity contribution < 1.29 is 4.79 Å². The fraction of sp³-hybridized carbons (Fsp3) is 0.600. The Morgan fingerprint density at radius 1 is 1.50 bits per heavy atom. The van der Waals surface area contributed by atoms with Gasteiger partial charge in [0.1, 0.15) is 5.82 Å². The molecular formula is C15H23N3OS. The summed E-state index contributed by atoms with van der Waals surface area (Å²) in [5.74, 6) is 0.768. The monoisotopic (exact) mass is 293 g/mol. The van der Waals surface area contributed by atoms with Crippen molar-refractivity contribution in [2.24, 2.45) is 0 Å². The lowest BCUT2D eigenvalue weighted by molar-refractivity contribution is 0.0928. The van der Waals surface area contributed by atoms with Crippen LogP contribution in [0.4, 0.5) is 5.82 Å². The fourth-order valence-corrected chi connectivity index (χ4v) is 3.44. The number of rotatable bonds is 5. The first-order chi connectivity index (χ1) is 9.72. The summed E-state index contributed by atoms with van der Waals surface area (Å²) in [6.45, 7) is 2.81. The van der Waals surface area contributed by atoms with Crippen LogP contribution in [0.15, 0.2) is 18.3 Å². The second kappa shape index (κ2) is 7.53. The van der Waals surface area contributed by atoms with Gasteiger partial charge in [0.05, 0.1) is 0 Å². The second-order valence-corrected chi connectivity index (χ2v) is 6.29. The minimum Gasteiger partial charge on any atom is -0.370 e. The third-order valence-electron chi connectivity index (χ3n) is 3.67. The SMILES string of the molecule is CCNc1cc(C(=O)NC2CCCC(SC)C2)ccn1. The second-order valence-electron chi connectivity index (χ2n) is 5.15. The van der Waals surface area contributed by atoms with E-state index < -0.39 is 0 Å². The van der Waals surface area contributed by atoms with E-state index in [2.05, 4.69) is 21.9 Å². The van der Waals surface area contributed by atoms with Gasteiger partial charge >= 0.3 is 0 Å². The highest BCUT2D eigenvalue weighted by Crippen LogP contribution is 2.27. The van der Waals surface area contributed by atoms with Gasteiger partial charge < -0.3 is 10.6 Å². The van der Waals surface area contributed by atoms with E-state index in [1.54, 1.807) is 12.3 Å². The van der Waals surface area contributed by atoms with Crippen LogP contribution in [0.25, 0.3) is 0 Å². The quantitative estimate of drug-likeness (QED) is 0.876. The van der Waals surface area contributed by atoms with Gasteiger partial charge in [-0.3, -0.25) is 4.79 Å². The van der Waals surface area contributed by atoms with E-state index in [4.69, 9.17) is 0 Å². The molecule has 2 atom stereocenters. The third kappa shape index (κ3) is 4.13. The highest BCUT2D eigenvalue weighted by atomic mass is 32.2. The normalized spacial score (nSPS) is 22.3. The molecule has 1 amide bonds. The maximum absolute atomic E-state index is 12.3. The topological polar surface area (TPSA) is 54.0 Å². The summed E-state index contributed by atoms with van der Waals surface area (Å²) in [5.41, 5.74) is 0.683. The van der Waals surface area contributed by atoms with Crippen molar-refractivity contribution in [1.29, 1.82) is 0 Å². The molecule has 0 bridgehead atoms. The largest absolute Gasteiger partial charge is 0.370 e. The molecule has 0 aromatic carbocycles. The van der Waals surface area contributed by atoms with Crippen molar-refractivity contribution in [3.63, 3.8) is 0 Å². The number of aromatic nitrogens is 1. The molecule has 0 radical (unpaired) electrons. The molecule has 1 heterocycles. The average Bonchev–Trinajstić information content (AvgIpc) is 2.48. The van der Waals surface area contributed by atoms with Crippen LogP contribution in [0.5, 0.6) is 0 Å². The highest BCUT2D eigenvalue weighted by Gasteiger charge is 2.23. The van der Waals surface area contributed by atoms with Gasteiger partial charge in [-0.25, -0.2) is 4.98 Å². The lowest BCUT2D eigenvalue weighted by Crippen LogP contribution is -2.39. The van der Waals surface area contributed by atoms with Gasteiger partial charge in [-0.05, 0) is 44.6 Å². The number of hydrogen-bond acceptors (Lipinski definition) is 4. The first-order valence-corrected chi connectivity index (χ1v) is 8.55. The molecule has 1 fully saturated rings. The minimum absolute atomic E-state index is 0.0123. The van der Waals surface area contributed by atoms with Gasteiger partial charge in [0, 0.05) is 29.6 Å². The molecule has 1 aliphatic carbocycles. The Morgan fingerprint density at radius 2 is 2.35 bits per heavy atom. The van der Waals surface area contributed by atoms with Crippen molar-refractivity contribution in [2.45, 2.75) is 43.9 Å². The predicted molar refractivity (Wildman–Crippen MR) is 85.4 cm³/mol. The van der Waals surface area contributed by atoms with Crippen LogP contribution in [-0.2, 0) is 0 Å². The van der Waals surface area contributed by atoms with E-state index >= 15 is 0 Å². The number of anilines is 1. The van der Waals surface area contributed by atoms with Crippen molar-refractivity contribution >= 4 is 23.5 Å². The Kier molecular flexibility index (Phi) is 5.71. The van der Waals surface area contributed by atoms with Crippen molar-refractivity contribution in [3.05, 3.63) is 23.9 Å². The number of thioether (sulfide) groups is 1. The van der Waals surface area contributed by atoms with Crippen LogP contribution in [0, 0.1) is 0 Å². The van der Waals surface area contributed by atoms with Crippen LogP contribution >= 0.6 is 11.8 Å². The van der Waals surface area contributed by atoms with Crippen LogP contribution in [0.2, 0.25) is 0 Å². The number of nitrogens with zero attached hydrogens (tertiary/aromatic N) is 1. The summed E-state index contributed by atoms with van der Waals surface area (Å²) >= 11 is 1.91. The maximum atomic E-state index is 12.3. The van der Waals surface area contributed by atoms with E-state index in [0.717, 1.165) is 25.2 Å². The number of amides is 1. The molecule has 1 aromatic rings. The highest BCUT2D eigenvalue weighted by molar-refractivity contribution is 7.99. The van der Waals surface area contributed by atoms with Gasteiger partial charge in [0.15, 0.2) is 0 Å². The lowest BCUT2D eigenvalue weighted by Gasteiger charge is -2.28. The summed E-state index contributed by atoms with van der Waals surface area (Å²) in [6, 6.07) is 3.89. The van der Waals surface area contributed by atoms with Gasteiger partial charge in [-0.1, -0.05) is 6.42 Å². The minimum atomic E-state index is 0.0123. The maximum Gasteiger partial charge on any atom is 0.251 e. The first-order valence-electron chi connectivity index (χ1n) is 7.26. The summed E-state index contributed by atoms with van der Waals surface area (Å²) < 4.78 is 0. The molecule has 20 heavy (non-hydrogen) atoms. The zero-order valence-corrected chi connectivity index (χ0v) is 13.0. The zero-order valence-electron chi connectivity index (χ0n) is 12.2. The van der Waals surface area contributed by atoms with E-state index in [0.29, 0.717) is 16.9 Å². The molecule has 2 N–H and O–H groups in total. The average molecular weight is 293 g/mol. The standard InChI is InChI=1S/C15H23N3OS/c1-3-16-14-9-11(7-8-17-14)15(19)18-12-5-4-6-13(10-12)20-2/h7-9,12-13H,3-6,10H2,1-2H3,(H,16,17)(H,18,19). The van der Waals surface area contributed by atoms with E-state index in [1.807, 2.05) is 24.8 Å². The van der Waals surface area contributed by atoms with Crippen molar-refractivity contribution in [3.8, 4) is 0 Å². The van der Waals surface area contributed by atoms with Gasteiger partial charge in [0.2, 0.25) is 0 Å². The van der Waals surface area contributed by atoms with Crippen LogP contribution in [0.3, 0.4) is 0 Å². The van der Waals surface area contributed by atoms with Crippen LogP contribution < -0.4 is 10.6 Å². The van der Waals surface area contributed by atoms with Gasteiger partial charge in [0.25, 0.3) is 5.91 Å². The number of carbonyl (C=O) groups excluding carboxylic acids is 1. The Morgan fingerprint density at radius 3 is 3.10 bits per heavy atom. The molecule has 0 spiro atoms. The fourth-order valence-electron chi connectivity index (χ4n) is 2.61. The van der Waals surface area contributed by atoms with Crippen molar-refractivity contribution in [1.82, 2.24) is 10.3 Å². The van der Waals surface area contributed by atoms with Gasteiger partial charge in [-0.2, -0.15) is 11.8 Å². The molecule has 0 aliphatic heterocycles. The number of hydrogen-bond donors (Lipinski definition) is 2. The molecule has 2 rings (SSSR count). The number of carbonyl (C=O) groups is 1. The van der Waals surface area contributed by atoms with Crippen LogP contribution in [0.1, 0.15) is 43.0 Å². The Labute approximate surface area is 125 Å². The Balaban J connectivity index is 1.95. The molecule has 110 valence electrons. The molecule has 1 aromatic heterocycles. The molecule has 5 heteroatoms. The smallest absolute Gasteiger partial charge is 0.251 e. The summed E-state index contributed by atoms with van der Waals surface area (Å²) in [4.78, 5) is 16.5.